The molecule has 0 amide bonds. The lowest BCUT2D eigenvalue weighted by Crippen LogP contribution is -2.08. The standard InChI is InChI=1S/C10H8BrNO2S/c1-2-14-10(13)9-6(5-12)3-7(15)4-8(9)11/h3-4,15H,2H2,1H3. The minimum atomic E-state index is -0.505. The van der Waals surface area contributed by atoms with Crippen LogP contribution < -0.4 is 0 Å². The number of benzene rings is 1. The molecule has 1 aromatic carbocycles. The SMILES string of the molecule is CCOC(=O)c1c(Br)cc(S)cc1C#N. The number of rotatable bonds is 2. The zero-order chi connectivity index (χ0) is 11.4. The van der Waals surface area contributed by atoms with Crippen molar-refractivity contribution >= 4 is 34.5 Å². The summed E-state index contributed by atoms with van der Waals surface area (Å²) in [5.74, 6) is -0.505. The van der Waals surface area contributed by atoms with Gasteiger partial charge >= 0.3 is 5.97 Å². The van der Waals surface area contributed by atoms with Gasteiger partial charge in [-0.15, -0.1) is 12.6 Å². The molecule has 0 heterocycles. The van der Waals surface area contributed by atoms with Crippen molar-refractivity contribution in [1.29, 1.82) is 5.26 Å². The molecule has 78 valence electrons. The number of thiol groups is 1. The first-order valence-corrected chi connectivity index (χ1v) is 5.44. The lowest BCUT2D eigenvalue weighted by atomic mass is 10.1. The number of carbonyl (C=O) groups excluding carboxylic acids is 1. The molecular formula is C10H8BrNO2S. The van der Waals surface area contributed by atoms with E-state index in [1.165, 1.54) is 6.07 Å². The summed E-state index contributed by atoms with van der Waals surface area (Å²) in [6.45, 7) is 1.99. The second kappa shape index (κ2) is 5.19. The van der Waals surface area contributed by atoms with Crippen LogP contribution in [-0.4, -0.2) is 12.6 Å². The van der Waals surface area contributed by atoms with Gasteiger partial charge in [0, 0.05) is 9.37 Å². The van der Waals surface area contributed by atoms with Crippen LogP contribution in [-0.2, 0) is 4.74 Å². The zero-order valence-corrected chi connectivity index (χ0v) is 10.4. The Morgan fingerprint density at radius 2 is 2.33 bits per heavy atom. The van der Waals surface area contributed by atoms with Crippen molar-refractivity contribution in [3.05, 3.63) is 27.7 Å². The molecule has 0 aromatic heterocycles. The van der Waals surface area contributed by atoms with E-state index in [0.717, 1.165) is 0 Å². The molecule has 0 N–H and O–H groups in total. The highest BCUT2D eigenvalue weighted by Crippen LogP contribution is 2.25. The van der Waals surface area contributed by atoms with Crippen LogP contribution in [0.3, 0.4) is 0 Å². The Kier molecular flexibility index (Phi) is 4.18. The third-order valence-corrected chi connectivity index (χ3v) is 2.56. The van der Waals surface area contributed by atoms with Gasteiger partial charge in [0.25, 0.3) is 0 Å². The van der Waals surface area contributed by atoms with Crippen molar-refractivity contribution in [2.24, 2.45) is 0 Å². The Bertz CT molecular complexity index is 440. The van der Waals surface area contributed by atoms with Crippen molar-refractivity contribution < 1.29 is 9.53 Å². The van der Waals surface area contributed by atoms with Gasteiger partial charge in [-0.05, 0) is 35.0 Å². The summed E-state index contributed by atoms with van der Waals surface area (Å²) in [5.41, 5.74) is 0.505. The number of nitriles is 1. The molecule has 0 atom stereocenters. The minimum Gasteiger partial charge on any atom is -0.462 e. The van der Waals surface area contributed by atoms with Gasteiger partial charge < -0.3 is 4.74 Å². The van der Waals surface area contributed by atoms with Crippen molar-refractivity contribution in [3.63, 3.8) is 0 Å². The Hall–Kier alpha value is -0.990. The molecule has 0 radical (unpaired) electrons. The number of hydrogen-bond donors (Lipinski definition) is 1. The van der Waals surface area contributed by atoms with E-state index in [2.05, 4.69) is 28.6 Å². The van der Waals surface area contributed by atoms with E-state index in [9.17, 15) is 4.79 Å². The normalized spacial score (nSPS) is 9.47. The minimum absolute atomic E-state index is 0.247. The Morgan fingerprint density at radius 3 is 2.87 bits per heavy atom. The highest BCUT2D eigenvalue weighted by atomic mass is 79.9. The average Bonchev–Trinajstić information content (AvgIpc) is 2.16. The maximum atomic E-state index is 11.5. The van der Waals surface area contributed by atoms with Gasteiger partial charge in [0.2, 0.25) is 0 Å². The second-order valence-electron chi connectivity index (χ2n) is 2.68. The molecule has 0 saturated heterocycles. The van der Waals surface area contributed by atoms with Crippen molar-refractivity contribution in [1.82, 2.24) is 0 Å². The van der Waals surface area contributed by atoms with Crippen LogP contribution in [0.2, 0.25) is 0 Å². The molecule has 0 unspecified atom stereocenters. The number of ether oxygens (including phenoxy) is 1. The van der Waals surface area contributed by atoms with Crippen molar-refractivity contribution in [3.8, 4) is 6.07 Å². The number of carbonyl (C=O) groups is 1. The summed E-state index contributed by atoms with van der Waals surface area (Å²) in [7, 11) is 0. The number of halogens is 1. The summed E-state index contributed by atoms with van der Waals surface area (Å²) in [6, 6.07) is 5.11. The van der Waals surface area contributed by atoms with Crippen LogP contribution in [0.25, 0.3) is 0 Å². The van der Waals surface area contributed by atoms with Gasteiger partial charge in [0.1, 0.15) is 6.07 Å². The monoisotopic (exact) mass is 285 g/mol. The fraction of sp³-hybridized carbons (Fsp3) is 0.200. The third-order valence-electron chi connectivity index (χ3n) is 1.68. The fourth-order valence-corrected chi connectivity index (χ4v) is 2.15. The molecular weight excluding hydrogens is 278 g/mol. The maximum Gasteiger partial charge on any atom is 0.340 e. The number of nitrogens with zero attached hydrogens (tertiary/aromatic N) is 1. The number of esters is 1. The van der Waals surface area contributed by atoms with Crippen molar-refractivity contribution in [2.75, 3.05) is 6.61 Å². The zero-order valence-electron chi connectivity index (χ0n) is 7.95. The summed E-state index contributed by atoms with van der Waals surface area (Å²) in [6.07, 6.45) is 0. The topological polar surface area (TPSA) is 50.1 Å². The average molecular weight is 286 g/mol. The van der Waals surface area contributed by atoms with E-state index in [-0.39, 0.29) is 17.7 Å². The molecule has 3 nitrogen and oxygen atoms in total. The molecule has 15 heavy (non-hydrogen) atoms. The first kappa shape index (κ1) is 12.1. The van der Waals surface area contributed by atoms with E-state index >= 15 is 0 Å². The molecule has 1 aromatic rings. The fourth-order valence-electron chi connectivity index (χ4n) is 1.09. The van der Waals surface area contributed by atoms with Gasteiger partial charge in [0.15, 0.2) is 0 Å². The smallest absolute Gasteiger partial charge is 0.340 e. The highest BCUT2D eigenvalue weighted by molar-refractivity contribution is 9.10. The van der Waals surface area contributed by atoms with Gasteiger partial charge in [-0.2, -0.15) is 5.26 Å². The van der Waals surface area contributed by atoms with Gasteiger partial charge in [-0.1, -0.05) is 0 Å². The summed E-state index contributed by atoms with van der Waals surface area (Å²) >= 11 is 7.32. The first-order valence-electron chi connectivity index (χ1n) is 4.19. The van der Waals surface area contributed by atoms with E-state index in [4.69, 9.17) is 10.00 Å². The van der Waals surface area contributed by atoms with E-state index in [1.807, 2.05) is 6.07 Å². The summed E-state index contributed by atoms with van der Waals surface area (Å²) in [5, 5.41) is 8.87. The van der Waals surface area contributed by atoms with Gasteiger partial charge in [-0.3, -0.25) is 0 Å². The lowest BCUT2D eigenvalue weighted by molar-refractivity contribution is 0.0525. The van der Waals surface area contributed by atoms with Gasteiger partial charge in [-0.25, -0.2) is 4.79 Å². The predicted octanol–water partition coefficient (Wildman–Crippen LogP) is 2.79. The van der Waals surface area contributed by atoms with E-state index in [1.54, 1.807) is 13.0 Å². The third kappa shape index (κ3) is 2.74. The van der Waals surface area contributed by atoms with Gasteiger partial charge in [0.05, 0.1) is 17.7 Å². The summed E-state index contributed by atoms with van der Waals surface area (Å²) in [4.78, 5) is 12.1. The van der Waals surface area contributed by atoms with Crippen LogP contribution in [0.5, 0.6) is 0 Å². The molecule has 0 aliphatic heterocycles. The predicted molar refractivity (Wildman–Crippen MR) is 62.1 cm³/mol. The molecule has 0 aliphatic carbocycles. The van der Waals surface area contributed by atoms with E-state index < -0.39 is 5.97 Å². The Morgan fingerprint density at radius 1 is 1.67 bits per heavy atom. The quantitative estimate of drug-likeness (QED) is 0.672. The maximum absolute atomic E-state index is 11.5. The van der Waals surface area contributed by atoms with Crippen LogP contribution in [0.15, 0.2) is 21.5 Å². The van der Waals surface area contributed by atoms with Crippen LogP contribution in [0, 0.1) is 11.3 Å². The Balaban J connectivity index is 3.28. The first-order chi connectivity index (χ1) is 7.10. The molecule has 0 aliphatic rings. The van der Waals surface area contributed by atoms with Crippen LogP contribution in [0.1, 0.15) is 22.8 Å². The van der Waals surface area contributed by atoms with E-state index in [0.29, 0.717) is 9.37 Å². The molecule has 0 spiro atoms. The van der Waals surface area contributed by atoms with Crippen molar-refractivity contribution in [2.45, 2.75) is 11.8 Å². The molecule has 0 saturated carbocycles. The molecule has 0 fully saturated rings. The lowest BCUT2D eigenvalue weighted by Gasteiger charge is -2.06. The highest BCUT2D eigenvalue weighted by Gasteiger charge is 2.17. The summed E-state index contributed by atoms with van der Waals surface area (Å²) < 4.78 is 5.36. The molecule has 5 heteroatoms. The molecule has 0 bridgehead atoms. The number of hydrogen-bond acceptors (Lipinski definition) is 4. The Labute approximate surface area is 102 Å². The largest absolute Gasteiger partial charge is 0.462 e. The molecule has 1 rings (SSSR count). The van der Waals surface area contributed by atoms with Crippen LogP contribution >= 0.6 is 28.6 Å². The second-order valence-corrected chi connectivity index (χ2v) is 4.05. The van der Waals surface area contributed by atoms with Crippen LogP contribution in [0.4, 0.5) is 0 Å².